The number of ether oxygens (including phenoxy) is 1. The highest BCUT2D eigenvalue weighted by Crippen LogP contribution is 2.33. The normalized spacial score (nSPS) is 10.0. The first kappa shape index (κ1) is 15.0. The van der Waals surface area contributed by atoms with Gasteiger partial charge in [0, 0.05) is 5.56 Å². The van der Waals surface area contributed by atoms with Crippen LogP contribution in [0.15, 0.2) is 34.8 Å². The summed E-state index contributed by atoms with van der Waals surface area (Å²) in [5.74, 6) is -1.65. The minimum Gasteiger partial charge on any atom is -0.478 e. The Hall–Kier alpha value is -2.39. The lowest BCUT2D eigenvalue weighted by Crippen LogP contribution is -2.01. The van der Waals surface area contributed by atoms with Crippen molar-refractivity contribution in [3.63, 3.8) is 0 Å². The zero-order valence-electron chi connectivity index (χ0n) is 10.9. The fraction of sp³-hybridized carbons (Fsp3) is 0.0667. The summed E-state index contributed by atoms with van der Waals surface area (Å²) in [6, 6.07) is 9.09. The molecule has 0 heterocycles. The van der Waals surface area contributed by atoms with Crippen molar-refractivity contribution in [1.29, 1.82) is 5.26 Å². The molecule has 0 saturated heterocycles. The van der Waals surface area contributed by atoms with Crippen LogP contribution in [0.5, 0.6) is 11.5 Å². The van der Waals surface area contributed by atoms with Crippen LogP contribution in [-0.4, -0.2) is 11.1 Å². The van der Waals surface area contributed by atoms with Crippen LogP contribution in [0, 0.1) is 24.1 Å². The molecule has 0 aliphatic carbocycles. The topological polar surface area (TPSA) is 70.3 Å². The quantitative estimate of drug-likeness (QED) is 0.898. The van der Waals surface area contributed by atoms with Gasteiger partial charge in [-0.3, -0.25) is 0 Å². The molecule has 0 spiro atoms. The van der Waals surface area contributed by atoms with E-state index in [4.69, 9.17) is 15.1 Å². The Morgan fingerprint density at radius 1 is 1.33 bits per heavy atom. The number of hydrogen-bond donors (Lipinski definition) is 1. The van der Waals surface area contributed by atoms with Crippen LogP contribution in [0.2, 0.25) is 0 Å². The van der Waals surface area contributed by atoms with Crippen molar-refractivity contribution in [2.24, 2.45) is 0 Å². The molecule has 0 aromatic heterocycles. The van der Waals surface area contributed by atoms with E-state index in [-0.39, 0.29) is 27.1 Å². The monoisotopic (exact) mass is 349 g/mol. The summed E-state index contributed by atoms with van der Waals surface area (Å²) in [6.45, 7) is 1.58. The van der Waals surface area contributed by atoms with E-state index < -0.39 is 11.8 Å². The number of halogens is 2. The lowest BCUT2D eigenvalue weighted by Gasteiger charge is -2.12. The largest absolute Gasteiger partial charge is 0.478 e. The fourth-order valence-corrected chi connectivity index (χ4v) is 2.19. The Bertz CT molecular complexity index is 768. The standard InChI is InChI=1S/C15H9BrFNO3/c1-8-10(15(19)20)3-2-4-11(8)21-12-6-5-9(7-18)13(16)14(12)17/h2-6H,1H3,(H,19,20). The zero-order chi connectivity index (χ0) is 15.6. The molecule has 0 fully saturated rings. The minimum absolute atomic E-state index is 0.00884. The van der Waals surface area contributed by atoms with Crippen LogP contribution in [0.3, 0.4) is 0 Å². The molecule has 4 nitrogen and oxygen atoms in total. The SMILES string of the molecule is Cc1c(Oc2ccc(C#N)c(Br)c2F)cccc1C(=O)O. The minimum atomic E-state index is -1.08. The van der Waals surface area contributed by atoms with Gasteiger partial charge >= 0.3 is 5.97 Å². The summed E-state index contributed by atoms with van der Waals surface area (Å²) >= 11 is 2.99. The molecule has 0 unspecified atom stereocenters. The van der Waals surface area contributed by atoms with Crippen molar-refractivity contribution < 1.29 is 19.0 Å². The smallest absolute Gasteiger partial charge is 0.336 e. The summed E-state index contributed by atoms with van der Waals surface area (Å²) in [6.07, 6.45) is 0. The van der Waals surface area contributed by atoms with Gasteiger partial charge in [0.25, 0.3) is 0 Å². The van der Waals surface area contributed by atoms with Gasteiger partial charge in [-0.2, -0.15) is 5.26 Å². The van der Waals surface area contributed by atoms with Crippen LogP contribution in [0.1, 0.15) is 21.5 Å². The second kappa shape index (κ2) is 5.94. The number of carbonyl (C=O) groups is 1. The Balaban J connectivity index is 2.45. The molecule has 2 aromatic carbocycles. The predicted molar refractivity (Wildman–Crippen MR) is 77.0 cm³/mol. The van der Waals surface area contributed by atoms with Crippen LogP contribution < -0.4 is 4.74 Å². The first-order valence-electron chi connectivity index (χ1n) is 5.84. The molecule has 0 amide bonds. The second-order valence-electron chi connectivity index (χ2n) is 4.19. The van der Waals surface area contributed by atoms with Crippen LogP contribution in [-0.2, 0) is 0 Å². The van der Waals surface area contributed by atoms with Crippen molar-refractivity contribution in [3.05, 3.63) is 57.3 Å². The molecule has 2 aromatic rings. The highest BCUT2D eigenvalue weighted by molar-refractivity contribution is 9.10. The number of carboxylic acid groups (broad SMARTS) is 1. The van der Waals surface area contributed by atoms with Gasteiger partial charge in [-0.15, -0.1) is 0 Å². The van der Waals surface area contributed by atoms with Crippen LogP contribution >= 0.6 is 15.9 Å². The molecule has 106 valence electrons. The lowest BCUT2D eigenvalue weighted by atomic mass is 10.1. The van der Waals surface area contributed by atoms with Gasteiger partial charge in [-0.05, 0) is 47.1 Å². The van der Waals surface area contributed by atoms with Crippen molar-refractivity contribution >= 4 is 21.9 Å². The molecule has 0 atom stereocenters. The molecule has 1 N–H and O–H groups in total. The van der Waals surface area contributed by atoms with E-state index in [1.54, 1.807) is 13.0 Å². The van der Waals surface area contributed by atoms with Gasteiger partial charge in [-0.25, -0.2) is 9.18 Å². The average molecular weight is 350 g/mol. The Labute approximate surface area is 128 Å². The fourth-order valence-electron chi connectivity index (χ4n) is 1.77. The van der Waals surface area contributed by atoms with E-state index in [0.717, 1.165) is 0 Å². The molecule has 0 aliphatic rings. The maximum atomic E-state index is 14.1. The van der Waals surface area contributed by atoms with E-state index in [1.165, 1.54) is 24.3 Å². The Kier molecular flexibility index (Phi) is 4.24. The first-order valence-corrected chi connectivity index (χ1v) is 6.64. The van der Waals surface area contributed by atoms with Crippen LogP contribution in [0.25, 0.3) is 0 Å². The van der Waals surface area contributed by atoms with Gasteiger partial charge in [0.2, 0.25) is 0 Å². The van der Waals surface area contributed by atoms with Gasteiger partial charge in [-0.1, -0.05) is 6.07 Å². The zero-order valence-corrected chi connectivity index (χ0v) is 12.4. The molecular weight excluding hydrogens is 341 g/mol. The van der Waals surface area contributed by atoms with E-state index in [9.17, 15) is 9.18 Å². The second-order valence-corrected chi connectivity index (χ2v) is 4.98. The predicted octanol–water partition coefficient (Wildman–Crippen LogP) is 4.26. The summed E-state index contributed by atoms with van der Waals surface area (Å²) in [5.41, 5.74) is 0.626. The molecule has 6 heteroatoms. The van der Waals surface area contributed by atoms with Gasteiger partial charge in [0.05, 0.1) is 15.6 Å². The number of hydrogen-bond acceptors (Lipinski definition) is 3. The van der Waals surface area contributed by atoms with Crippen molar-refractivity contribution in [3.8, 4) is 17.6 Å². The van der Waals surface area contributed by atoms with Crippen molar-refractivity contribution in [1.82, 2.24) is 0 Å². The molecule has 21 heavy (non-hydrogen) atoms. The summed E-state index contributed by atoms with van der Waals surface area (Å²) < 4.78 is 19.5. The first-order chi connectivity index (χ1) is 9.95. The maximum Gasteiger partial charge on any atom is 0.336 e. The summed E-state index contributed by atoms with van der Waals surface area (Å²) in [5, 5.41) is 17.9. The Morgan fingerprint density at radius 2 is 2.05 bits per heavy atom. The molecule has 0 aliphatic heterocycles. The third kappa shape index (κ3) is 2.88. The average Bonchev–Trinajstić information content (AvgIpc) is 2.46. The third-order valence-corrected chi connectivity index (χ3v) is 3.68. The number of nitriles is 1. The highest BCUT2D eigenvalue weighted by Gasteiger charge is 2.16. The van der Waals surface area contributed by atoms with Gasteiger partial charge in [0.1, 0.15) is 11.8 Å². The van der Waals surface area contributed by atoms with E-state index in [2.05, 4.69) is 15.9 Å². The number of benzene rings is 2. The molecule has 0 radical (unpaired) electrons. The third-order valence-electron chi connectivity index (χ3n) is 2.90. The molecule has 0 saturated carbocycles. The van der Waals surface area contributed by atoms with Crippen LogP contribution in [0.4, 0.5) is 4.39 Å². The number of rotatable bonds is 3. The number of nitrogens with zero attached hydrogens (tertiary/aromatic N) is 1. The van der Waals surface area contributed by atoms with E-state index in [1.807, 2.05) is 6.07 Å². The summed E-state index contributed by atoms with van der Waals surface area (Å²) in [4.78, 5) is 11.1. The highest BCUT2D eigenvalue weighted by atomic mass is 79.9. The molecule has 0 bridgehead atoms. The maximum absolute atomic E-state index is 14.1. The molecular formula is C15H9BrFNO3. The Morgan fingerprint density at radius 3 is 2.67 bits per heavy atom. The van der Waals surface area contributed by atoms with E-state index in [0.29, 0.717) is 5.56 Å². The summed E-state index contributed by atoms with van der Waals surface area (Å²) in [7, 11) is 0. The lowest BCUT2D eigenvalue weighted by molar-refractivity contribution is 0.0695. The van der Waals surface area contributed by atoms with Crippen molar-refractivity contribution in [2.45, 2.75) is 6.92 Å². The number of carboxylic acids is 1. The van der Waals surface area contributed by atoms with E-state index >= 15 is 0 Å². The molecule has 2 rings (SSSR count). The van der Waals surface area contributed by atoms with Gasteiger partial charge in [0.15, 0.2) is 11.6 Å². The number of aromatic carboxylic acids is 1. The van der Waals surface area contributed by atoms with Crippen molar-refractivity contribution in [2.75, 3.05) is 0 Å². The van der Waals surface area contributed by atoms with Gasteiger partial charge < -0.3 is 9.84 Å².